The number of nitrogens with one attached hydrogen (secondary N) is 1. The minimum absolute atomic E-state index is 0.348. The Hall–Kier alpha value is -4.35. The van der Waals surface area contributed by atoms with E-state index < -0.39 is 45.5 Å². The van der Waals surface area contributed by atoms with Gasteiger partial charge in [0.1, 0.15) is 0 Å². The molecule has 0 aliphatic heterocycles. The fourth-order valence-electron chi connectivity index (χ4n) is 2.14. The molecule has 1 N–H and O–H groups in total. The summed E-state index contributed by atoms with van der Waals surface area (Å²) in [7, 11) is 1.26. The SMILES string of the molecule is COC(=O)c1ccc(/C=N/NC(=O)COc2cccc([N+](=O)[O-])c2[N+](=O)[O-])cc1. The first-order valence-corrected chi connectivity index (χ1v) is 7.88. The lowest BCUT2D eigenvalue weighted by molar-refractivity contribution is -0.423. The van der Waals surface area contributed by atoms with Crippen molar-refractivity contribution >= 4 is 29.5 Å². The van der Waals surface area contributed by atoms with Crippen molar-refractivity contribution in [3.63, 3.8) is 0 Å². The van der Waals surface area contributed by atoms with Crippen molar-refractivity contribution in [3.8, 4) is 5.75 Å². The van der Waals surface area contributed by atoms with Gasteiger partial charge in [0, 0.05) is 6.07 Å². The monoisotopic (exact) mass is 402 g/mol. The van der Waals surface area contributed by atoms with Gasteiger partial charge in [-0.25, -0.2) is 10.2 Å². The summed E-state index contributed by atoms with van der Waals surface area (Å²) in [5.74, 6) is -1.65. The molecule has 2 rings (SSSR count). The van der Waals surface area contributed by atoms with Crippen LogP contribution >= 0.6 is 0 Å². The van der Waals surface area contributed by atoms with E-state index in [0.717, 1.165) is 12.1 Å². The van der Waals surface area contributed by atoms with E-state index in [1.54, 1.807) is 12.1 Å². The van der Waals surface area contributed by atoms with Crippen molar-refractivity contribution in [2.45, 2.75) is 0 Å². The number of hydrogen-bond acceptors (Lipinski definition) is 9. The quantitative estimate of drug-likeness (QED) is 0.302. The standard InChI is InChI=1S/C17H14N4O8/c1-28-17(23)12-7-5-11(6-8-12)9-18-19-15(22)10-29-14-4-2-3-13(20(24)25)16(14)21(26)27/h2-9H,10H2,1H3,(H,19,22)/b18-9+. The van der Waals surface area contributed by atoms with Gasteiger partial charge in [0.25, 0.3) is 5.91 Å². The van der Waals surface area contributed by atoms with Crippen LogP contribution in [-0.4, -0.2) is 41.7 Å². The van der Waals surface area contributed by atoms with E-state index in [1.807, 2.05) is 0 Å². The first-order valence-electron chi connectivity index (χ1n) is 7.88. The van der Waals surface area contributed by atoms with E-state index >= 15 is 0 Å². The van der Waals surface area contributed by atoms with Crippen molar-refractivity contribution < 1.29 is 28.9 Å². The molecular weight excluding hydrogens is 388 g/mol. The van der Waals surface area contributed by atoms with Crippen LogP contribution in [0.3, 0.4) is 0 Å². The second-order valence-corrected chi connectivity index (χ2v) is 5.33. The number of carbonyl (C=O) groups excluding carboxylic acids is 2. The largest absolute Gasteiger partial charge is 0.476 e. The molecule has 0 saturated carbocycles. The summed E-state index contributed by atoms with van der Waals surface area (Å²) in [6.07, 6.45) is 1.30. The Morgan fingerprint density at radius 2 is 1.79 bits per heavy atom. The smallest absolute Gasteiger partial charge is 0.387 e. The highest BCUT2D eigenvalue weighted by molar-refractivity contribution is 5.90. The summed E-state index contributed by atoms with van der Waals surface area (Å²) in [4.78, 5) is 43.2. The number of para-hydroxylation sites is 1. The van der Waals surface area contributed by atoms with E-state index in [9.17, 15) is 29.8 Å². The predicted octanol–water partition coefficient (Wildman–Crippen LogP) is 1.82. The molecule has 12 nitrogen and oxygen atoms in total. The molecule has 0 bridgehead atoms. The summed E-state index contributed by atoms with van der Waals surface area (Å²) in [6.45, 7) is -0.652. The number of nitrogens with zero attached hydrogens (tertiary/aromatic N) is 3. The third-order valence-electron chi connectivity index (χ3n) is 3.45. The van der Waals surface area contributed by atoms with E-state index in [2.05, 4.69) is 15.3 Å². The molecule has 0 heterocycles. The molecular formula is C17H14N4O8. The fourth-order valence-corrected chi connectivity index (χ4v) is 2.14. The summed E-state index contributed by atoms with van der Waals surface area (Å²) >= 11 is 0. The molecule has 2 aromatic rings. The number of hydrazone groups is 1. The Bertz CT molecular complexity index is 972. The number of amides is 1. The molecule has 1 amide bonds. The summed E-state index contributed by atoms with van der Waals surface area (Å²) in [5, 5.41) is 25.7. The first kappa shape index (κ1) is 21.0. The van der Waals surface area contributed by atoms with Gasteiger partial charge in [-0.05, 0) is 23.8 Å². The third kappa shape index (κ3) is 5.56. The van der Waals surface area contributed by atoms with E-state index in [1.165, 1.54) is 31.5 Å². The zero-order chi connectivity index (χ0) is 21.4. The molecule has 150 valence electrons. The van der Waals surface area contributed by atoms with Crippen LogP contribution < -0.4 is 10.2 Å². The van der Waals surface area contributed by atoms with Gasteiger partial charge >= 0.3 is 17.3 Å². The maximum atomic E-state index is 11.8. The molecule has 0 radical (unpaired) electrons. The summed E-state index contributed by atoms with van der Waals surface area (Å²) in [6, 6.07) is 9.48. The molecule has 0 aliphatic rings. The molecule has 2 aromatic carbocycles. The number of nitro benzene ring substituents is 2. The Kier molecular flexibility index (Phi) is 6.90. The van der Waals surface area contributed by atoms with Gasteiger partial charge in [0.2, 0.25) is 5.75 Å². The Morgan fingerprint density at radius 3 is 2.38 bits per heavy atom. The Balaban J connectivity index is 1.96. The normalized spacial score (nSPS) is 10.4. The molecule has 29 heavy (non-hydrogen) atoms. The molecule has 0 atom stereocenters. The predicted molar refractivity (Wildman–Crippen MR) is 98.8 cm³/mol. The van der Waals surface area contributed by atoms with Crippen molar-refractivity contribution in [2.75, 3.05) is 13.7 Å². The molecule has 0 aliphatic carbocycles. The van der Waals surface area contributed by atoms with Gasteiger partial charge in [-0.2, -0.15) is 5.10 Å². The highest BCUT2D eigenvalue weighted by Crippen LogP contribution is 2.35. The Labute approximate surface area is 163 Å². The lowest BCUT2D eigenvalue weighted by atomic mass is 10.1. The molecule has 0 fully saturated rings. The number of benzene rings is 2. The minimum Gasteiger partial charge on any atom is -0.476 e. The number of carbonyl (C=O) groups is 2. The first-order chi connectivity index (χ1) is 13.8. The van der Waals surface area contributed by atoms with Crippen LogP contribution in [0, 0.1) is 20.2 Å². The Morgan fingerprint density at radius 1 is 1.10 bits per heavy atom. The van der Waals surface area contributed by atoms with E-state index in [4.69, 9.17) is 4.74 Å². The third-order valence-corrected chi connectivity index (χ3v) is 3.45. The average Bonchev–Trinajstić information content (AvgIpc) is 2.71. The van der Waals surface area contributed by atoms with Crippen LogP contribution in [0.1, 0.15) is 15.9 Å². The van der Waals surface area contributed by atoms with Crippen LogP contribution in [-0.2, 0) is 9.53 Å². The fraction of sp³-hybridized carbons (Fsp3) is 0.118. The van der Waals surface area contributed by atoms with Gasteiger partial charge in [-0.3, -0.25) is 25.0 Å². The second kappa shape index (κ2) is 9.55. The zero-order valence-electron chi connectivity index (χ0n) is 14.9. The molecule has 0 aromatic heterocycles. The van der Waals surface area contributed by atoms with Crippen molar-refractivity contribution in [1.29, 1.82) is 0 Å². The van der Waals surface area contributed by atoms with Gasteiger partial charge in [0.05, 0.1) is 28.7 Å². The summed E-state index contributed by atoms with van der Waals surface area (Å²) < 4.78 is 9.60. The molecule has 12 heteroatoms. The van der Waals surface area contributed by atoms with Crippen LogP contribution in [0.5, 0.6) is 5.75 Å². The van der Waals surface area contributed by atoms with Crippen LogP contribution in [0.2, 0.25) is 0 Å². The maximum absolute atomic E-state index is 11.8. The molecule has 0 spiro atoms. The van der Waals surface area contributed by atoms with Crippen LogP contribution in [0.15, 0.2) is 47.6 Å². The molecule has 0 saturated heterocycles. The number of ether oxygens (including phenoxy) is 2. The van der Waals surface area contributed by atoms with Gasteiger partial charge in [0.15, 0.2) is 6.61 Å². The van der Waals surface area contributed by atoms with E-state index in [-0.39, 0.29) is 0 Å². The second-order valence-electron chi connectivity index (χ2n) is 5.33. The van der Waals surface area contributed by atoms with Crippen LogP contribution in [0.25, 0.3) is 0 Å². The number of nitro groups is 2. The summed E-state index contributed by atoms with van der Waals surface area (Å²) in [5.41, 5.74) is 1.47. The van der Waals surface area contributed by atoms with Gasteiger partial charge < -0.3 is 9.47 Å². The number of methoxy groups -OCH3 is 1. The van der Waals surface area contributed by atoms with Crippen LogP contribution in [0.4, 0.5) is 11.4 Å². The highest BCUT2D eigenvalue weighted by Gasteiger charge is 2.29. The number of esters is 1. The topological polar surface area (TPSA) is 163 Å². The lowest BCUT2D eigenvalue weighted by Crippen LogP contribution is -2.24. The molecule has 0 unspecified atom stereocenters. The van der Waals surface area contributed by atoms with Crippen molar-refractivity contribution in [1.82, 2.24) is 5.43 Å². The van der Waals surface area contributed by atoms with Crippen molar-refractivity contribution in [2.24, 2.45) is 5.10 Å². The van der Waals surface area contributed by atoms with E-state index in [0.29, 0.717) is 11.1 Å². The number of hydrogen-bond donors (Lipinski definition) is 1. The van der Waals surface area contributed by atoms with Crippen molar-refractivity contribution in [3.05, 3.63) is 73.8 Å². The maximum Gasteiger partial charge on any atom is 0.387 e. The zero-order valence-corrected chi connectivity index (χ0v) is 14.9. The highest BCUT2D eigenvalue weighted by atomic mass is 16.6. The minimum atomic E-state index is -0.957. The average molecular weight is 402 g/mol. The van der Waals surface area contributed by atoms with Gasteiger partial charge in [-0.15, -0.1) is 0 Å². The lowest BCUT2D eigenvalue weighted by Gasteiger charge is -2.05. The van der Waals surface area contributed by atoms with Gasteiger partial charge in [-0.1, -0.05) is 18.2 Å². The number of rotatable bonds is 8.